The van der Waals surface area contributed by atoms with Crippen LogP contribution in [0.3, 0.4) is 0 Å². The third kappa shape index (κ3) is 6.33. The van der Waals surface area contributed by atoms with E-state index in [9.17, 15) is 4.79 Å². The molecule has 1 atom stereocenters. The number of carbonyl (C=O) groups excluding carboxylic acids is 1. The number of amides is 1. The maximum Gasteiger partial charge on any atom is 0.237 e. The third-order valence-electron chi connectivity index (χ3n) is 3.55. The van der Waals surface area contributed by atoms with Crippen LogP contribution in [0.2, 0.25) is 0 Å². The summed E-state index contributed by atoms with van der Waals surface area (Å²) in [6.45, 7) is 8.07. The summed E-state index contributed by atoms with van der Waals surface area (Å²) in [7, 11) is 5.95. The Hall–Kier alpha value is -0.650. The Morgan fingerprint density at radius 3 is 2.28 bits per heavy atom. The largest absolute Gasteiger partial charge is 0.368 e. The van der Waals surface area contributed by atoms with E-state index < -0.39 is 5.54 Å². The molecule has 1 unspecified atom stereocenters. The molecular weight excluding hydrogens is 228 g/mol. The summed E-state index contributed by atoms with van der Waals surface area (Å²) < 4.78 is 0. The number of hydrogen-bond donors (Lipinski definition) is 2. The lowest BCUT2D eigenvalue weighted by Crippen LogP contribution is -2.53. The SMILES string of the molecule is CCN(CCCN(C)C)CCC(C)(NC)C(N)=O. The van der Waals surface area contributed by atoms with Gasteiger partial charge in [-0.25, -0.2) is 0 Å². The zero-order chi connectivity index (χ0) is 14.2. The third-order valence-corrected chi connectivity index (χ3v) is 3.55. The minimum atomic E-state index is -0.602. The Morgan fingerprint density at radius 2 is 1.89 bits per heavy atom. The molecule has 0 aliphatic rings. The van der Waals surface area contributed by atoms with Gasteiger partial charge in [0.05, 0.1) is 5.54 Å². The quantitative estimate of drug-likeness (QED) is 0.584. The summed E-state index contributed by atoms with van der Waals surface area (Å²) in [5, 5.41) is 3.02. The van der Waals surface area contributed by atoms with Crippen LogP contribution < -0.4 is 11.1 Å². The van der Waals surface area contributed by atoms with Gasteiger partial charge in [0.25, 0.3) is 0 Å². The van der Waals surface area contributed by atoms with Gasteiger partial charge in [-0.3, -0.25) is 4.79 Å². The van der Waals surface area contributed by atoms with E-state index in [-0.39, 0.29) is 5.91 Å². The van der Waals surface area contributed by atoms with E-state index >= 15 is 0 Å². The van der Waals surface area contributed by atoms with Crippen LogP contribution in [0.4, 0.5) is 0 Å². The van der Waals surface area contributed by atoms with Gasteiger partial charge in [-0.15, -0.1) is 0 Å². The molecule has 0 rings (SSSR count). The second-order valence-electron chi connectivity index (χ2n) is 5.29. The first kappa shape index (κ1) is 17.4. The highest BCUT2D eigenvalue weighted by atomic mass is 16.1. The van der Waals surface area contributed by atoms with Crippen LogP contribution in [-0.4, -0.2) is 68.6 Å². The molecule has 0 aromatic carbocycles. The van der Waals surface area contributed by atoms with E-state index in [1.54, 1.807) is 7.05 Å². The molecule has 18 heavy (non-hydrogen) atoms. The second-order valence-corrected chi connectivity index (χ2v) is 5.29. The predicted molar refractivity (Wildman–Crippen MR) is 76.6 cm³/mol. The smallest absolute Gasteiger partial charge is 0.237 e. The zero-order valence-corrected chi connectivity index (χ0v) is 12.6. The zero-order valence-electron chi connectivity index (χ0n) is 12.6. The first-order valence-corrected chi connectivity index (χ1v) is 6.71. The fourth-order valence-electron chi connectivity index (χ4n) is 1.79. The Labute approximate surface area is 112 Å². The number of hydrogen-bond acceptors (Lipinski definition) is 4. The van der Waals surface area contributed by atoms with Gasteiger partial charge in [-0.1, -0.05) is 6.92 Å². The molecule has 5 nitrogen and oxygen atoms in total. The molecule has 0 aromatic rings. The number of primary amides is 1. The molecule has 0 aromatic heterocycles. The molecule has 108 valence electrons. The summed E-state index contributed by atoms with van der Waals surface area (Å²) in [5.74, 6) is -0.283. The normalized spacial score (nSPS) is 15.1. The minimum absolute atomic E-state index is 0.283. The average molecular weight is 258 g/mol. The van der Waals surface area contributed by atoms with Gasteiger partial charge < -0.3 is 20.9 Å². The molecule has 5 heteroatoms. The van der Waals surface area contributed by atoms with E-state index in [0.717, 1.165) is 39.0 Å². The maximum absolute atomic E-state index is 11.4. The van der Waals surface area contributed by atoms with Crippen LogP contribution in [0.5, 0.6) is 0 Å². The van der Waals surface area contributed by atoms with Gasteiger partial charge in [0.15, 0.2) is 0 Å². The van der Waals surface area contributed by atoms with Crippen molar-refractivity contribution in [1.29, 1.82) is 0 Å². The van der Waals surface area contributed by atoms with Crippen molar-refractivity contribution in [2.24, 2.45) is 5.73 Å². The fourth-order valence-corrected chi connectivity index (χ4v) is 1.79. The molecule has 0 heterocycles. The van der Waals surface area contributed by atoms with Crippen molar-refractivity contribution < 1.29 is 4.79 Å². The first-order valence-electron chi connectivity index (χ1n) is 6.71. The van der Waals surface area contributed by atoms with Crippen molar-refractivity contribution in [2.75, 3.05) is 47.3 Å². The van der Waals surface area contributed by atoms with Gasteiger partial charge in [-0.2, -0.15) is 0 Å². The first-order chi connectivity index (χ1) is 8.35. The topological polar surface area (TPSA) is 61.6 Å². The number of nitrogens with one attached hydrogen (secondary N) is 1. The summed E-state index contributed by atoms with van der Waals surface area (Å²) in [5.41, 5.74) is 4.82. The molecule has 0 aliphatic carbocycles. The Balaban J connectivity index is 4.09. The lowest BCUT2D eigenvalue weighted by atomic mass is 9.97. The van der Waals surface area contributed by atoms with Crippen LogP contribution >= 0.6 is 0 Å². The van der Waals surface area contributed by atoms with E-state index in [1.807, 2.05) is 6.92 Å². The maximum atomic E-state index is 11.4. The molecule has 0 saturated carbocycles. The highest BCUT2D eigenvalue weighted by Crippen LogP contribution is 2.09. The molecule has 3 N–H and O–H groups in total. The fraction of sp³-hybridized carbons (Fsp3) is 0.923. The number of nitrogens with two attached hydrogens (primary N) is 1. The average Bonchev–Trinajstić information content (AvgIpc) is 2.32. The molecule has 0 spiro atoms. The van der Waals surface area contributed by atoms with Gasteiger partial charge in [-0.05, 0) is 60.5 Å². The summed E-state index contributed by atoms with van der Waals surface area (Å²) in [6, 6.07) is 0. The second kappa shape index (κ2) is 8.45. The van der Waals surface area contributed by atoms with Gasteiger partial charge in [0, 0.05) is 6.54 Å². The molecule has 0 aliphatic heterocycles. The molecule has 0 saturated heterocycles. The van der Waals surface area contributed by atoms with E-state index in [4.69, 9.17) is 5.73 Å². The standard InChI is InChI=1S/C13H30N4O/c1-6-17(10-7-9-16(4)5)11-8-13(2,15-3)12(14)18/h15H,6-11H2,1-5H3,(H2,14,18). The highest BCUT2D eigenvalue weighted by molar-refractivity contribution is 5.84. The van der Waals surface area contributed by atoms with Crippen molar-refractivity contribution in [1.82, 2.24) is 15.1 Å². The monoisotopic (exact) mass is 258 g/mol. The van der Waals surface area contributed by atoms with Gasteiger partial charge >= 0.3 is 0 Å². The molecule has 1 amide bonds. The highest BCUT2D eigenvalue weighted by Gasteiger charge is 2.28. The van der Waals surface area contributed by atoms with E-state index in [2.05, 4.69) is 36.1 Å². The van der Waals surface area contributed by atoms with Crippen molar-refractivity contribution in [3.8, 4) is 0 Å². The molecule has 0 fully saturated rings. The van der Waals surface area contributed by atoms with Crippen molar-refractivity contribution in [3.63, 3.8) is 0 Å². The minimum Gasteiger partial charge on any atom is -0.368 e. The van der Waals surface area contributed by atoms with Crippen LogP contribution in [0.25, 0.3) is 0 Å². The molecular formula is C13H30N4O. The lowest BCUT2D eigenvalue weighted by molar-refractivity contribution is -0.124. The number of likely N-dealkylation sites (N-methyl/N-ethyl adjacent to an activating group) is 1. The van der Waals surface area contributed by atoms with E-state index in [1.165, 1.54) is 0 Å². The van der Waals surface area contributed by atoms with Crippen LogP contribution in [0.15, 0.2) is 0 Å². The lowest BCUT2D eigenvalue weighted by Gasteiger charge is -2.29. The summed E-state index contributed by atoms with van der Waals surface area (Å²) in [4.78, 5) is 15.9. The van der Waals surface area contributed by atoms with Crippen molar-refractivity contribution in [2.45, 2.75) is 32.2 Å². The van der Waals surface area contributed by atoms with Crippen molar-refractivity contribution in [3.05, 3.63) is 0 Å². The summed E-state index contributed by atoms with van der Waals surface area (Å²) >= 11 is 0. The van der Waals surface area contributed by atoms with Crippen LogP contribution in [0.1, 0.15) is 26.7 Å². The van der Waals surface area contributed by atoms with Gasteiger partial charge in [0.1, 0.15) is 0 Å². The Morgan fingerprint density at radius 1 is 1.28 bits per heavy atom. The number of nitrogens with zero attached hydrogens (tertiary/aromatic N) is 2. The number of rotatable bonds is 10. The molecule has 0 radical (unpaired) electrons. The van der Waals surface area contributed by atoms with Crippen LogP contribution in [0, 0.1) is 0 Å². The van der Waals surface area contributed by atoms with Crippen LogP contribution in [-0.2, 0) is 4.79 Å². The van der Waals surface area contributed by atoms with Gasteiger partial charge in [0.2, 0.25) is 5.91 Å². The van der Waals surface area contributed by atoms with Crippen molar-refractivity contribution >= 4 is 5.91 Å². The van der Waals surface area contributed by atoms with E-state index in [0.29, 0.717) is 0 Å². The molecule has 0 bridgehead atoms. The Kier molecular flexibility index (Phi) is 8.15. The number of carbonyl (C=O) groups is 1. The summed E-state index contributed by atoms with van der Waals surface area (Å²) in [6.07, 6.45) is 1.89. The predicted octanol–water partition coefficient (Wildman–Crippen LogP) is 0.114. The Bertz CT molecular complexity index is 245.